The van der Waals surface area contributed by atoms with Crippen LogP contribution in [0.3, 0.4) is 0 Å². The summed E-state index contributed by atoms with van der Waals surface area (Å²) in [7, 11) is 0. The summed E-state index contributed by atoms with van der Waals surface area (Å²) in [6, 6.07) is 10.5. The van der Waals surface area contributed by atoms with Crippen LogP contribution in [0.4, 0.5) is 4.39 Å². The smallest absolute Gasteiger partial charge is 0.213 e. The van der Waals surface area contributed by atoms with Crippen molar-refractivity contribution in [3.63, 3.8) is 0 Å². The molecule has 5 heteroatoms. The third-order valence-corrected chi connectivity index (χ3v) is 3.44. The number of halogens is 1. The Balaban J connectivity index is 1.99. The second kappa shape index (κ2) is 3.90. The van der Waals surface area contributed by atoms with E-state index < -0.39 is 0 Å². The summed E-state index contributed by atoms with van der Waals surface area (Å²) < 4.78 is 15.0. The van der Waals surface area contributed by atoms with Gasteiger partial charge in [0.05, 0.1) is 22.1 Å². The minimum absolute atomic E-state index is 0.289. The highest BCUT2D eigenvalue weighted by atomic mass is 19.1. The molecule has 4 rings (SSSR count). The maximum atomic E-state index is 13.2. The molecule has 0 radical (unpaired) electrons. The first kappa shape index (κ1) is 11.2. The van der Waals surface area contributed by atoms with Gasteiger partial charge in [-0.15, -0.1) is 0 Å². The zero-order chi connectivity index (χ0) is 13.7. The molecule has 2 aromatic heterocycles. The molecule has 2 aromatic carbocycles. The molecule has 0 unspecified atom stereocenters. The fraction of sp³-hybridized carbons (Fsp3) is 0.0667. The molecule has 0 aliphatic carbocycles. The van der Waals surface area contributed by atoms with Crippen molar-refractivity contribution in [2.24, 2.45) is 0 Å². The third-order valence-electron chi connectivity index (χ3n) is 3.44. The molecule has 0 amide bonds. The van der Waals surface area contributed by atoms with Gasteiger partial charge in [-0.05, 0) is 30.7 Å². The van der Waals surface area contributed by atoms with Gasteiger partial charge in [-0.25, -0.2) is 14.4 Å². The van der Waals surface area contributed by atoms with Crippen LogP contribution in [0.5, 0.6) is 0 Å². The van der Waals surface area contributed by atoms with Crippen molar-refractivity contribution in [2.45, 2.75) is 6.92 Å². The Kier molecular flexibility index (Phi) is 2.18. The predicted octanol–water partition coefficient (Wildman–Crippen LogP) is 3.35. The van der Waals surface area contributed by atoms with E-state index in [2.05, 4.69) is 15.0 Å². The highest BCUT2D eigenvalue weighted by Crippen LogP contribution is 2.21. The average Bonchev–Trinajstić information content (AvgIpc) is 3.02. The Hall–Kier alpha value is -2.69. The van der Waals surface area contributed by atoms with Crippen LogP contribution in [0.2, 0.25) is 0 Å². The normalized spacial score (nSPS) is 11.5. The maximum Gasteiger partial charge on any atom is 0.213 e. The van der Waals surface area contributed by atoms with E-state index in [-0.39, 0.29) is 5.82 Å². The summed E-state index contributed by atoms with van der Waals surface area (Å²) in [5, 5.41) is 0. The van der Waals surface area contributed by atoms with Gasteiger partial charge in [-0.1, -0.05) is 12.1 Å². The van der Waals surface area contributed by atoms with E-state index in [1.165, 1.54) is 12.1 Å². The van der Waals surface area contributed by atoms with Crippen molar-refractivity contribution in [1.82, 2.24) is 19.5 Å². The summed E-state index contributed by atoms with van der Waals surface area (Å²) in [4.78, 5) is 12.1. The number of aryl methyl sites for hydroxylation is 1. The van der Waals surface area contributed by atoms with Gasteiger partial charge in [0.1, 0.15) is 12.1 Å². The third kappa shape index (κ3) is 1.53. The highest BCUT2D eigenvalue weighted by molar-refractivity contribution is 5.81. The quantitative estimate of drug-likeness (QED) is 0.574. The fourth-order valence-corrected chi connectivity index (χ4v) is 2.43. The maximum absolute atomic E-state index is 13.2. The van der Waals surface area contributed by atoms with Crippen LogP contribution in [0.1, 0.15) is 5.56 Å². The van der Waals surface area contributed by atoms with Crippen LogP contribution in [-0.4, -0.2) is 19.5 Å². The van der Waals surface area contributed by atoms with E-state index >= 15 is 0 Å². The van der Waals surface area contributed by atoms with E-state index in [9.17, 15) is 4.39 Å². The first-order chi connectivity index (χ1) is 9.72. The molecule has 0 fully saturated rings. The number of rotatable bonds is 1. The highest BCUT2D eigenvalue weighted by Gasteiger charge is 2.10. The molecule has 0 aliphatic heterocycles. The van der Waals surface area contributed by atoms with Crippen LogP contribution in [-0.2, 0) is 0 Å². The number of benzene rings is 2. The predicted molar refractivity (Wildman–Crippen MR) is 75.4 cm³/mol. The van der Waals surface area contributed by atoms with Gasteiger partial charge in [0.2, 0.25) is 5.95 Å². The Labute approximate surface area is 113 Å². The van der Waals surface area contributed by atoms with E-state index in [1.54, 1.807) is 12.4 Å². The molecular weight excluding hydrogens is 255 g/mol. The number of nitrogens with one attached hydrogen (secondary N) is 1. The number of aromatic nitrogens is 4. The summed E-state index contributed by atoms with van der Waals surface area (Å²) in [6.07, 6.45) is 1.65. The summed E-state index contributed by atoms with van der Waals surface area (Å²) in [6.45, 7) is 2.02. The van der Waals surface area contributed by atoms with Crippen molar-refractivity contribution < 1.29 is 4.39 Å². The summed E-state index contributed by atoms with van der Waals surface area (Å²) >= 11 is 0. The molecular formula is C15H11FN4. The Morgan fingerprint density at radius 1 is 1.20 bits per heavy atom. The Morgan fingerprint density at radius 3 is 2.95 bits per heavy atom. The molecule has 4 aromatic rings. The average molecular weight is 266 g/mol. The Bertz CT molecular complexity index is 936. The lowest BCUT2D eigenvalue weighted by molar-refractivity contribution is 0.629. The topological polar surface area (TPSA) is 46.5 Å². The van der Waals surface area contributed by atoms with Gasteiger partial charge >= 0.3 is 0 Å². The van der Waals surface area contributed by atoms with Gasteiger partial charge in [-0.2, -0.15) is 0 Å². The van der Waals surface area contributed by atoms with Crippen LogP contribution < -0.4 is 0 Å². The monoisotopic (exact) mass is 266 g/mol. The van der Waals surface area contributed by atoms with Crippen molar-refractivity contribution in [3.05, 3.63) is 54.1 Å². The molecule has 4 nitrogen and oxygen atoms in total. The lowest BCUT2D eigenvalue weighted by Crippen LogP contribution is -1.94. The van der Waals surface area contributed by atoms with Crippen LogP contribution in [0.25, 0.3) is 28.0 Å². The molecule has 0 saturated heterocycles. The van der Waals surface area contributed by atoms with Crippen LogP contribution in [0.15, 0.2) is 42.7 Å². The summed E-state index contributed by atoms with van der Waals surface area (Å²) in [5.41, 5.74) is 4.46. The van der Waals surface area contributed by atoms with Crippen molar-refractivity contribution >= 4 is 22.1 Å². The second-order valence-electron chi connectivity index (χ2n) is 4.78. The molecule has 98 valence electrons. The van der Waals surface area contributed by atoms with Crippen molar-refractivity contribution in [1.29, 1.82) is 0 Å². The molecule has 2 heterocycles. The largest absolute Gasteiger partial charge is 0.323 e. The zero-order valence-electron chi connectivity index (χ0n) is 10.8. The lowest BCUT2D eigenvalue weighted by atomic mass is 10.2. The first-order valence-electron chi connectivity index (χ1n) is 6.31. The van der Waals surface area contributed by atoms with Crippen molar-refractivity contribution in [3.8, 4) is 5.95 Å². The van der Waals surface area contributed by atoms with Crippen LogP contribution in [0, 0.1) is 12.7 Å². The van der Waals surface area contributed by atoms with Gasteiger partial charge in [0.15, 0.2) is 0 Å². The SMILES string of the molecule is Cc1cccc2[nH]c(-n3cnc4cc(F)ccc43)nc12. The van der Waals surface area contributed by atoms with E-state index in [0.29, 0.717) is 11.5 Å². The lowest BCUT2D eigenvalue weighted by Gasteiger charge is -1.98. The number of H-pyrrole nitrogens is 1. The molecule has 0 spiro atoms. The minimum Gasteiger partial charge on any atom is -0.323 e. The summed E-state index contributed by atoms with van der Waals surface area (Å²) in [5.74, 6) is 0.395. The van der Waals surface area contributed by atoms with Gasteiger partial charge in [0.25, 0.3) is 0 Å². The number of nitrogens with zero attached hydrogens (tertiary/aromatic N) is 3. The molecule has 0 saturated carbocycles. The molecule has 20 heavy (non-hydrogen) atoms. The molecule has 0 atom stereocenters. The fourth-order valence-electron chi connectivity index (χ4n) is 2.43. The zero-order valence-corrected chi connectivity index (χ0v) is 10.8. The minimum atomic E-state index is -0.289. The van der Waals surface area contributed by atoms with Crippen molar-refractivity contribution in [2.75, 3.05) is 0 Å². The number of hydrogen-bond donors (Lipinski definition) is 1. The van der Waals surface area contributed by atoms with E-state index in [0.717, 1.165) is 22.1 Å². The number of fused-ring (bicyclic) bond motifs is 2. The van der Waals surface area contributed by atoms with Gasteiger partial charge < -0.3 is 4.98 Å². The number of para-hydroxylation sites is 1. The number of aromatic amines is 1. The van der Waals surface area contributed by atoms with E-state index in [4.69, 9.17) is 0 Å². The van der Waals surface area contributed by atoms with Gasteiger partial charge in [0, 0.05) is 6.07 Å². The molecule has 0 aliphatic rings. The standard InChI is InChI=1S/C15H11FN4/c1-9-3-2-4-11-14(9)19-15(18-11)20-8-17-12-7-10(16)5-6-13(12)20/h2-8H,1H3,(H,18,19). The van der Waals surface area contributed by atoms with Gasteiger partial charge in [-0.3, -0.25) is 4.57 Å². The molecule has 0 bridgehead atoms. The number of imidazole rings is 2. The first-order valence-corrected chi connectivity index (χ1v) is 6.31. The van der Waals surface area contributed by atoms with Crippen LogP contribution >= 0.6 is 0 Å². The Morgan fingerprint density at radius 2 is 2.10 bits per heavy atom. The van der Waals surface area contributed by atoms with E-state index in [1.807, 2.05) is 29.7 Å². The number of hydrogen-bond acceptors (Lipinski definition) is 2. The second-order valence-corrected chi connectivity index (χ2v) is 4.78. The molecule has 1 N–H and O–H groups in total.